The number of hydrogen-bond acceptors (Lipinski definition) is 3. The predicted octanol–water partition coefficient (Wildman–Crippen LogP) is 2.16. The van der Waals surface area contributed by atoms with Crippen molar-refractivity contribution in [1.29, 1.82) is 0 Å². The molecular weight excluding hydrogens is 252 g/mol. The first-order valence-electron chi connectivity index (χ1n) is 7.13. The van der Waals surface area contributed by atoms with E-state index in [0.29, 0.717) is 18.7 Å². The Morgan fingerprint density at radius 3 is 2.65 bits per heavy atom. The summed E-state index contributed by atoms with van der Waals surface area (Å²) in [5, 5.41) is 11.2. The average molecular weight is 274 g/mol. The first kappa shape index (κ1) is 14.8. The highest BCUT2D eigenvalue weighted by atomic mass is 16.3. The number of aliphatic hydroxyl groups is 1. The second kappa shape index (κ2) is 6.68. The van der Waals surface area contributed by atoms with E-state index in [2.05, 4.69) is 18.7 Å². The van der Waals surface area contributed by atoms with Gasteiger partial charge in [-0.1, -0.05) is 32.0 Å². The van der Waals surface area contributed by atoms with Gasteiger partial charge in [-0.3, -0.25) is 4.79 Å². The normalized spacial score (nSPS) is 13.0. The second-order valence-corrected chi connectivity index (χ2v) is 5.01. The minimum atomic E-state index is -0.440. The summed E-state index contributed by atoms with van der Waals surface area (Å²) in [5.41, 5.74) is 1.67. The standard InChI is InChI=1S/C16H22N2O2/c1-3-17(4-2)10-14(20)11-18-9-13(12-19)15-7-5-6-8-16(15)18/h5-9,12,14,20H,3-4,10-11H2,1-2H3/t14-/m0/s1. The lowest BCUT2D eigenvalue weighted by atomic mass is 10.2. The van der Waals surface area contributed by atoms with E-state index in [0.717, 1.165) is 30.3 Å². The van der Waals surface area contributed by atoms with Crippen LogP contribution < -0.4 is 0 Å². The Kier molecular flexibility index (Phi) is 4.93. The van der Waals surface area contributed by atoms with Gasteiger partial charge in [0.25, 0.3) is 0 Å². The minimum absolute atomic E-state index is 0.440. The van der Waals surface area contributed by atoms with Crippen LogP contribution in [0.1, 0.15) is 24.2 Å². The number of carbonyl (C=O) groups excluding carboxylic acids is 1. The maximum Gasteiger partial charge on any atom is 0.152 e. The summed E-state index contributed by atoms with van der Waals surface area (Å²) in [7, 11) is 0. The average Bonchev–Trinajstić information content (AvgIpc) is 2.83. The van der Waals surface area contributed by atoms with Crippen molar-refractivity contribution in [2.24, 2.45) is 0 Å². The van der Waals surface area contributed by atoms with Crippen molar-refractivity contribution in [3.05, 3.63) is 36.0 Å². The van der Waals surface area contributed by atoms with Crippen LogP contribution in [-0.2, 0) is 6.54 Å². The minimum Gasteiger partial charge on any atom is -0.390 e. The largest absolute Gasteiger partial charge is 0.390 e. The summed E-state index contributed by atoms with van der Waals surface area (Å²) in [6.45, 7) is 7.19. The molecule has 108 valence electrons. The van der Waals surface area contributed by atoms with Crippen molar-refractivity contribution in [1.82, 2.24) is 9.47 Å². The Balaban J connectivity index is 2.19. The molecule has 2 rings (SSSR count). The van der Waals surface area contributed by atoms with Crippen LogP contribution in [0.5, 0.6) is 0 Å². The molecule has 1 aromatic carbocycles. The van der Waals surface area contributed by atoms with Crippen LogP contribution in [0, 0.1) is 0 Å². The highest BCUT2D eigenvalue weighted by Gasteiger charge is 2.13. The summed E-state index contributed by atoms with van der Waals surface area (Å²) < 4.78 is 1.97. The van der Waals surface area contributed by atoms with Gasteiger partial charge in [0.15, 0.2) is 6.29 Å². The number of carbonyl (C=O) groups is 1. The number of hydrogen-bond donors (Lipinski definition) is 1. The molecule has 2 aromatic rings. The summed E-state index contributed by atoms with van der Waals surface area (Å²) >= 11 is 0. The molecule has 1 N–H and O–H groups in total. The Hall–Kier alpha value is -1.65. The van der Waals surface area contributed by atoms with Gasteiger partial charge in [-0.2, -0.15) is 0 Å². The van der Waals surface area contributed by atoms with Crippen molar-refractivity contribution in [3.63, 3.8) is 0 Å². The van der Waals surface area contributed by atoms with Gasteiger partial charge in [0.05, 0.1) is 6.10 Å². The van der Waals surface area contributed by atoms with E-state index in [1.54, 1.807) is 0 Å². The van der Waals surface area contributed by atoms with Crippen LogP contribution in [0.4, 0.5) is 0 Å². The summed E-state index contributed by atoms with van der Waals surface area (Å²) in [6, 6.07) is 7.79. The molecule has 4 nitrogen and oxygen atoms in total. The van der Waals surface area contributed by atoms with Crippen molar-refractivity contribution in [2.75, 3.05) is 19.6 Å². The third-order valence-corrected chi connectivity index (χ3v) is 3.72. The molecule has 4 heteroatoms. The van der Waals surface area contributed by atoms with Crippen LogP contribution in [0.25, 0.3) is 10.9 Å². The molecule has 0 aliphatic carbocycles. The molecule has 0 spiro atoms. The van der Waals surface area contributed by atoms with E-state index in [1.165, 1.54) is 0 Å². The number of nitrogens with zero attached hydrogens (tertiary/aromatic N) is 2. The third-order valence-electron chi connectivity index (χ3n) is 3.72. The molecule has 0 unspecified atom stereocenters. The molecule has 0 amide bonds. The zero-order valence-corrected chi connectivity index (χ0v) is 12.1. The monoisotopic (exact) mass is 274 g/mol. The van der Waals surface area contributed by atoms with E-state index in [-0.39, 0.29) is 0 Å². The van der Waals surface area contributed by atoms with Crippen molar-refractivity contribution in [2.45, 2.75) is 26.5 Å². The van der Waals surface area contributed by atoms with Gasteiger partial charge in [-0.15, -0.1) is 0 Å². The smallest absolute Gasteiger partial charge is 0.152 e. The lowest BCUT2D eigenvalue weighted by molar-refractivity contribution is 0.104. The van der Waals surface area contributed by atoms with Gasteiger partial charge < -0.3 is 14.6 Å². The molecule has 0 aliphatic heterocycles. The molecule has 0 fully saturated rings. The van der Waals surface area contributed by atoms with Crippen molar-refractivity contribution in [3.8, 4) is 0 Å². The summed E-state index contributed by atoms with van der Waals surface area (Å²) in [6.07, 6.45) is 2.25. The fourth-order valence-corrected chi connectivity index (χ4v) is 2.58. The number of benzene rings is 1. The van der Waals surface area contributed by atoms with Crippen LogP contribution in [0.3, 0.4) is 0 Å². The number of para-hydroxylation sites is 1. The first-order chi connectivity index (χ1) is 9.69. The molecule has 20 heavy (non-hydrogen) atoms. The van der Waals surface area contributed by atoms with Crippen molar-refractivity contribution >= 4 is 17.2 Å². The Morgan fingerprint density at radius 2 is 2.00 bits per heavy atom. The predicted molar refractivity (Wildman–Crippen MR) is 81.1 cm³/mol. The summed E-state index contributed by atoms with van der Waals surface area (Å²) in [5.74, 6) is 0. The summed E-state index contributed by atoms with van der Waals surface area (Å²) in [4.78, 5) is 13.3. The van der Waals surface area contributed by atoms with E-state index in [1.807, 2.05) is 35.0 Å². The Labute approximate surface area is 119 Å². The number of aldehydes is 1. The molecule has 0 saturated carbocycles. The fourth-order valence-electron chi connectivity index (χ4n) is 2.58. The lowest BCUT2D eigenvalue weighted by Gasteiger charge is -2.22. The zero-order valence-electron chi connectivity index (χ0n) is 12.1. The second-order valence-electron chi connectivity index (χ2n) is 5.01. The van der Waals surface area contributed by atoms with Gasteiger partial charge in [-0.25, -0.2) is 0 Å². The molecule has 0 radical (unpaired) electrons. The fraction of sp³-hybridized carbons (Fsp3) is 0.438. The number of likely N-dealkylation sites (N-methyl/N-ethyl adjacent to an activating group) is 1. The Bertz CT molecular complexity index is 573. The Morgan fingerprint density at radius 1 is 1.30 bits per heavy atom. The number of rotatable bonds is 7. The van der Waals surface area contributed by atoms with Gasteiger partial charge in [0, 0.05) is 35.8 Å². The molecule has 1 heterocycles. The van der Waals surface area contributed by atoms with Crippen molar-refractivity contribution < 1.29 is 9.90 Å². The van der Waals surface area contributed by atoms with E-state index in [4.69, 9.17) is 0 Å². The molecular formula is C16H22N2O2. The number of aliphatic hydroxyl groups excluding tert-OH is 1. The maximum atomic E-state index is 11.1. The van der Waals surface area contributed by atoms with Crippen LogP contribution in [-0.4, -0.2) is 46.6 Å². The number of aromatic nitrogens is 1. The lowest BCUT2D eigenvalue weighted by Crippen LogP contribution is -2.34. The highest BCUT2D eigenvalue weighted by Crippen LogP contribution is 2.20. The van der Waals surface area contributed by atoms with E-state index in [9.17, 15) is 9.90 Å². The highest BCUT2D eigenvalue weighted by molar-refractivity contribution is 5.97. The molecule has 0 aliphatic rings. The van der Waals surface area contributed by atoms with Crippen LogP contribution >= 0.6 is 0 Å². The quantitative estimate of drug-likeness (QED) is 0.787. The number of fused-ring (bicyclic) bond motifs is 1. The van der Waals surface area contributed by atoms with Crippen LogP contribution in [0.2, 0.25) is 0 Å². The van der Waals surface area contributed by atoms with E-state index >= 15 is 0 Å². The first-order valence-corrected chi connectivity index (χ1v) is 7.13. The molecule has 0 saturated heterocycles. The molecule has 1 aromatic heterocycles. The van der Waals surface area contributed by atoms with Crippen LogP contribution in [0.15, 0.2) is 30.5 Å². The van der Waals surface area contributed by atoms with Gasteiger partial charge in [-0.05, 0) is 19.2 Å². The van der Waals surface area contributed by atoms with E-state index < -0.39 is 6.10 Å². The third kappa shape index (κ3) is 3.08. The van der Waals surface area contributed by atoms with Gasteiger partial charge in [0.2, 0.25) is 0 Å². The zero-order chi connectivity index (χ0) is 14.5. The van der Waals surface area contributed by atoms with Gasteiger partial charge >= 0.3 is 0 Å². The topological polar surface area (TPSA) is 45.5 Å². The SMILES string of the molecule is CCN(CC)C[C@H](O)Cn1cc(C=O)c2ccccc21. The maximum absolute atomic E-state index is 11.1. The molecule has 0 bridgehead atoms. The molecule has 1 atom stereocenters. The van der Waals surface area contributed by atoms with Gasteiger partial charge in [0.1, 0.15) is 0 Å².